The molecule has 218 valence electrons. The molecule has 0 radical (unpaired) electrons. The highest BCUT2D eigenvalue weighted by Gasteiger charge is 2.19. The molecule has 0 bridgehead atoms. The molecule has 0 aliphatic heterocycles. The summed E-state index contributed by atoms with van der Waals surface area (Å²) in [7, 11) is 0. The van der Waals surface area contributed by atoms with Gasteiger partial charge in [-0.2, -0.15) is 9.78 Å². The van der Waals surface area contributed by atoms with Crippen LogP contribution < -0.4 is 15.6 Å². The maximum Gasteiger partial charge on any atom is 0.311 e. The summed E-state index contributed by atoms with van der Waals surface area (Å²) < 4.78 is 13.4. The van der Waals surface area contributed by atoms with Gasteiger partial charge in [0.05, 0.1) is 22.0 Å². The molecule has 2 aromatic heterocycles. The summed E-state index contributed by atoms with van der Waals surface area (Å²) in [6.45, 7) is -0.466. The van der Waals surface area contributed by atoms with Gasteiger partial charge in [-0.1, -0.05) is 39.7 Å². The third-order valence-electron chi connectivity index (χ3n) is 6.44. The van der Waals surface area contributed by atoms with Crippen molar-refractivity contribution in [1.82, 2.24) is 9.66 Å². The van der Waals surface area contributed by atoms with E-state index in [1.54, 1.807) is 60.7 Å². The van der Waals surface area contributed by atoms with Crippen molar-refractivity contribution in [2.45, 2.75) is 0 Å². The van der Waals surface area contributed by atoms with Gasteiger partial charge in [-0.25, -0.2) is 4.98 Å². The van der Waals surface area contributed by atoms with Crippen molar-refractivity contribution in [3.8, 4) is 17.3 Å². The standard InChI is InChI=1S/C31H19BrClN5O6/c32-20-6-12-26-19(14-20)15-28(44-26)30-36-24-4-2-1-3-23(24)31(40)37(30)34-16-18-5-11-27(25(13-18)38(41)42)43-17-29(39)35-22-9-7-21(33)8-10-22/h1-16H,17H2,(H,35,39). The number of nitrogens with one attached hydrogen (secondary N) is 1. The van der Waals surface area contributed by atoms with Gasteiger partial charge >= 0.3 is 5.69 Å². The monoisotopic (exact) mass is 671 g/mol. The summed E-state index contributed by atoms with van der Waals surface area (Å²) in [5, 5.41) is 20.5. The minimum atomic E-state index is -0.633. The Bertz CT molecular complexity index is 2160. The Hall–Kier alpha value is -5.33. The van der Waals surface area contributed by atoms with E-state index in [1.807, 2.05) is 12.1 Å². The molecule has 44 heavy (non-hydrogen) atoms. The Morgan fingerprint density at radius 1 is 1.09 bits per heavy atom. The molecule has 0 saturated heterocycles. The number of nitrogens with zero attached hydrogens (tertiary/aromatic N) is 4. The molecule has 0 fully saturated rings. The Kier molecular flexibility index (Phi) is 7.92. The maximum absolute atomic E-state index is 13.5. The van der Waals surface area contributed by atoms with E-state index in [4.69, 9.17) is 20.8 Å². The van der Waals surface area contributed by atoms with Gasteiger partial charge in [-0.05, 0) is 72.8 Å². The summed E-state index contributed by atoms with van der Waals surface area (Å²) in [5.74, 6) is -0.166. The number of amides is 1. The van der Waals surface area contributed by atoms with Crippen molar-refractivity contribution in [2.24, 2.45) is 5.10 Å². The van der Waals surface area contributed by atoms with Crippen LogP contribution in [0.2, 0.25) is 5.02 Å². The predicted octanol–water partition coefficient (Wildman–Crippen LogP) is 7.03. The zero-order valence-electron chi connectivity index (χ0n) is 22.4. The lowest BCUT2D eigenvalue weighted by Crippen LogP contribution is -2.20. The van der Waals surface area contributed by atoms with E-state index in [9.17, 15) is 19.7 Å². The highest BCUT2D eigenvalue weighted by molar-refractivity contribution is 9.10. The highest BCUT2D eigenvalue weighted by Crippen LogP contribution is 2.30. The van der Waals surface area contributed by atoms with E-state index in [0.29, 0.717) is 38.5 Å². The van der Waals surface area contributed by atoms with E-state index >= 15 is 0 Å². The Morgan fingerprint density at radius 3 is 2.68 bits per heavy atom. The fourth-order valence-corrected chi connectivity index (χ4v) is 4.90. The van der Waals surface area contributed by atoms with Crippen LogP contribution in [-0.4, -0.2) is 33.3 Å². The molecule has 0 spiro atoms. The first-order chi connectivity index (χ1) is 21.2. The number of aromatic nitrogens is 2. The average molecular weight is 673 g/mol. The molecule has 4 aromatic carbocycles. The number of anilines is 1. The molecular formula is C31H19BrClN5O6. The van der Waals surface area contributed by atoms with Crippen molar-refractivity contribution in [3.63, 3.8) is 0 Å². The smallest absolute Gasteiger partial charge is 0.311 e. The molecule has 6 rings (SSSR count). The van der Waals surface area contributed by atoms with Crippen LogP contribution in [0.5, 0.6) is 5.75 Å². The number of furan rings is 1. The molecule has 13 heteroatoms. The first-order valence-corrected chi connectivity index (χ1v) is 14.1. The maximum atomic E-state index is 13.5. The van der Waals surface area contributed by atoms with E-state index in [2.05, 4.69) is 31.3 Å². The molecule has 0 saturated carbocycles. The SMILES string of the molecule is O=C(COc1ccc(C=Nn2c(-c3cc4cc(Br)ccc4o3)nc3ccccc3c2=O)cc1[N+](=O)[O-])Nc1ccc(Cl)cc1. The number of hydrogen-bond donors (Lipinski definition) is 1. The van der Waals surface area contributed by atoms with Gasteiger partial charge in [-0.15, -0.1) is 0 Å². The van der Waals surface area contributed by atoms with Crippen LogP contribution in [0.15, 0.2) is 110 Å². The van der Waals surface area contributed by atoms with Crippen LogP contribution in [0.3, 0.4) is 0 Å². The van der Waals surface area contributed by atoms with Crippen LogP contribution >= 0.6 is 27.5 Å². The molecule has 6 aromatic rings. The lowest BCUT2D eigenvalue weighted by atomic mass is 10.2. The van der Waals surface area contributed by atoms with Gasteiger partial charge in [-0.3, -0.25) is 19.7 Å². The molecule has 0 aliphatic carbocycles. The van der Waals surface area contributed by atoms with Gasteiger partial charge in [0.25, 0.3) is 11.5 Å². The molecular weight excluding hydrogens is 654 g/mol. The Balaban J connectivity index is 1.31. The zero-order chi connectivity index (χ0) is 30.8. The largest absolute Gasteiger partial charge is 0.477 e. The molecule has 0 unspecified atom stereocenters. The highest BCUT2D eigenvalue weighted by atomic mass is 79.9. The number of nitro groups is 1. The van der Waals surface area contributed by atoms with E-state index < -0.39 is 23.0 Å². The lowest BCUT2D eigenvalue weighted by molar-refractivity contribution is -0.385. The average Bonchev–Trinajstić information content (AvgIpc) is 3.44. The van der Waals surface area contributed by atoms with Crippen LogP contribution in [0.25, 0.3) is 33.5 Å². The van der Waals surface area contributed by atoms with E-state index in [-0.39, 0.29) is 17.3 Å². The van der Waals surface area contributed by atoms with E-state index in [0.717, 1.165) is 14.5 Å². The molecule has 1 N–H and O–H groups in total. The lowest BCUT2D eigenvalue weighted by Gasteiger charge is -2.09. The number of fused-ring (bicyclic) bond motifs is 2. The summed E-state index contributed by atoms with van der Waals surface area (Å²) >= 11 is 9.30. The number of nitro benzene ring substituents is 1. The predicted molar refractivity (Wildman–Crippen MR) is 171 cm³/mol. The fourth-order valence-electron chi connectivity index (χ4n) is 4.39. The molecule has 11 nitrogen and oxygen atoms in total. The number of rotatable bonds is 8. The van der Waals surface area contributed by atoms with Crippen molar-refractivity contribution in [2.75, 3.05) is 11.9 Å². The molecule has 1 amide bonds. The zero-order valence-corrected chi connectivity index (χ0v) is 24.8. The minimum Gasteiger partial charge on any atom is -0.477 e. The summed E-state index contributed by atoms with van der Waals surface area (Å²) in [4.78, 5) is 41.7. The second-order valence-electron chi connectivity index (χ2n) is 9.43. The van der Waals surface area contributed by atoms with Crippen molar-refractivity contribution in [3.05, 3.63) is 127 Å². The molecule has 2 heterocycles. The number of hydrogen-bond acceptors (Lipinski definition) is 8. The third kappa shape index (κ3) is 6.07. The number of carbonyl (C=O) groups excluding carboxylic acids is 1. The van der Waals surface area contributed by atoms with Crippen molar-refractivity contribution >= 4 is 72.9 Å². The Labute approximate surface area is 261 Å². The number of benzene rings is 4. The van der Waals surface area contributed by atoms with Crippen LogP contribution in [0.1, 0.15) is 5.56 Å². The van der Waals surface area contributed by atoms with Crippen molar-refractivity contribution in [1.29, 1.82) is 0 Å². The first kappa shape index (κ1) is 28.8. The number of carbonyl (C=O) groups is 1. The number of ether oxygens (including phenoxy) is 1. The van der Waals surface area contributed by atoms with Crippen LogP contribution in [0, 0.1) is 10.1 Å². The molecule has 0 atom stereocenters. The quantitative estimate of drug-likeness (QED) is 0.104. The van der Waals surface area contributed by atoms with Crippen molar-refractivity contribution < 1.29 is 18.9 Å². The second kappa shape index (κ2) is 12.1. The van der Waals surface area contributed by atoms with Crippen LogP contribution in [-0.2, 0) is 4.79 Å². The van der Waals surface area contributed by atoms with Gasteiger partial charge in [0.15, 0.2) is 18.1 Å². The Morgan fingerprint density at radius 2 is 1.89 bits per heavy atom. The van der Waals surface area contributed by atoms with Gasteiger partial charge < -0.3 is 14.5 Å². The summed E-state index contributed by atoms with van der Waals surface area (Å²) in [5.41, 5.74) is 1.00. The summed E-state index contributed by atoms with van der Waals surface area (Å²) in [6.07, 6.45) is 1.30. The molecule has 0 aliphatic rings. The second-order valence-corrected chi connectivity index (χ2v) is 10.8. The normalized spacial score (nSPS) is 11.3. The fraction of sp³-hybridized carbons (Fsp3) is 0.0323. The first-order valence-electron chi connectivity index (χ1n) is 13.0. The minimum absolute atomic E-state index is 0.114. The third-order valence-corrected chi connectivity index (χ3v) is 7.19. The van der Waals surface area contributed by atoms with Gasteiger partial charge in [0.2, 0.25) is 5.82 Å². The number of para-hydroxylation sites is 1. The van der Waals surface area contributed by atoms with Gasteiger partial charge in [0, 0.05) is 32.2 Å². The van der Waals surface area contributed by atoms with Gasteiger partial charge in [0.1, 0.15) is 5.58 Å². The topological polar surface area (TPSA) is 142 Å². The summed E-state index contributed by atoms with van der Waals surface area (Å²) in [6, 6.07) is 24.7. The van der Waals surface area contributed by atoms with E-state index in [1.165, 1.54) is 24.4 Å². The number of halogens is 2. The van der Waals surface area contributed by atoms with Crippen LogP contribution in [0.4, 0.5) is 11.4 Å².